The van der Waals surface area contributed by atoms with Crippen molar-refractivity contribution in [2.45, 2.75) is 74.5 Å². The van der Waals surface area contributed by atoms with Crippen LogP contribution >= 0.6 is 37.2 Å². The smallest absolute Gasteiger partial charge is 0.0208 e. The first-order chi connectivity index (χ1) is 18.9. The largest absolute Gasteiger partial charge is 0.520 e. The summed E-state index contributed by atoms with van der Waals surface area (Å²) < 4.78 is 0. The molecule has 0 atom stereocenters. The molecule has 2 amide bonds. The third-order valence-electron chi connectivity index (χ3n) is 7.25. The minimum absolute atomic E-state index is 0. The predicted octanol–water partition coefficient (Wildman–Crippen LogP) is 6.38. The maximum Gasteiger partial charge on any atom is 0.0208 e. The fourth-order valence-corrected chi connectivity index (χ4v) is 5.14. The normalized spacial score (nSPS) is 12.6. The van der Waals surface area contributed by atoms with Crippen LogP contribution in [0.25, 0.3) is 0 Å². The van der Waals surface area contributed by atoms with Gasteiger partial charge in [0.15, 0.2) is 0 Å². The van der Waals surface area contributed by atoms with E-state index >= 15 is 0 Å². The summed E-state index contributed by atoms with van der Waals surface area (Å²) in [5, 5.41) is 3.37. The van der Waals surface area contributed by atoms with Crippen LogP contribution < -0.4 is 5.32 Å². The maximum absolute atomic E-state index is 10.5. The van der Waals surface area contributed by atoms with Gasteiger partial charge in [-0.2, -0.15) is 12.8 Å². The number of nitrogens with zero attached hydrogens (tertiary/aromatic N) is 2. The third kappa shape index (κ3) is 15.0. The summed E-state index contributed by atoms with van der Waals surface area (Å²) in [6.45, 7) is 11.5. The number of halogens is 2. The van der Waals surface area contributed by atoms with E-state index in [1.807, 2.05) is 12.8 Å². The number of carbonyl (C=O) groups excluding carboxylic acids is 2. The van der Waals surface area contributed by atoms with Crippen LogP contribution in [0.5, 0.6) is 0 Å². The van der Waals surface area contributed by atoms with Crippen LogP contribution in [-0.4, -0.2) is 67.5 Å². The molecule has 3 aliphatic heterocycles. The molecule has 1 N–H and O–H groups in total. The fourth-order valence-electron chi connectivity index (χ4n) is 5.14. The predicted molar refractivity (Wildman–Crippen MR) is 207 cm³/mol. The van der Waals surface area contributed by atoms with Crippen molar-refractivity contribution >= 4 is 75.3 Å². The first kappa shape index (κ1) is 51.8. The van der Waals surface area contributed by atoms with E-state index in [1.165, 1.54) is 56.5 Å². The minimum atomic E-state index is 0. The van der Waals surface area contributed by atoms with Crippen molar-refractivity contribution in [2.75, 3.05) is 19.6 Å². The molecule has 9 radical (unpaired) electrons. The Labute approximate surface area is 296 Å². The van der Waals surface area contributed by atoms with E-state index in [-0.39, 0.29) is 40.1 Å². The van der Waals surface area contributed by atoms with Crippen LogP contribution in [0.3, 0.4) is 0 Å². The molecule has 0 aromatic heterocycles. The topological polar surface area (TPSA) is 52.7 Å². The van der Waals surface area contributed by atoms with Crippen molar-refractivity contribution in [3.8, 4) is 0 Å². The van der Waals surface area contributed by atoms with Crippen molar-refractivity contribution in [3.63, 3.8) is 0 Å². The molecule has 46 heavy (non-hydrogen) atoms. The van der Waals surface area contributed by atoms with Gasteiger partial charge in [0, 0.05) is 82.1 Å². The van der Waals surface area contributed by atoms with E-state index in [0.29, 0.717) is 0 Å². The van der Waals surface area contributed by atoms with Crippen LogP contribution in [0.2, 0.25) is 0 Å². The van der Waals surface area contributed by atoms with Gasteiger partial charge in [0.05, 0.1) is 0 Å². The number of aryl methyl sites for hydroxylation is 3. The van der Waals surface area contributed by atoms with Gasteiger partial charge in [-0.3, -0.25) is 0 Å². The molecule has 6 rings (SSSR count). The molecule has 237 valence electrons. The third-order valence-corrected chi connectivity index (χ3v) is 7.25. The summed E-state index contributed by atoms with van der Waals surface area (Å²) in [5.74, 6) is 0. The van der Waals surface area contributed by atoms with Crippen LogP contribution in [0.1, 0.15) is 64.9 Å². The number of hydrogen-bond donors (Lipinski definition) is 1. The zero-order valence-electron chi connectivity index (χ0n) is 26.2. The SMILES string of the molecule is C.C.Cc1ccc2c(c1)CN([C-]=O)CC2.Cc1ccc2c(c1)CN([C-]=O)CC2.Cc1ccc2c(c1)CNCC2.II.[B].[B].[B].[Rf].[Rf]. The average Bonchev–Trinajstić information content (AvgIpc) is 2.98. The van der Waals surface area contributed by atoms with Crippen molar-refractivity contribution in [1.82, 2.24) is 15.1 Å². The van der Waals surface area contributed by atoms with E-state index in [9.17, 15) is 9.59 Å². The van der Waals surface area contributed by atoms with Gasteiger partial charge in [0.1, 0.15) is 0 Å². The summed E-state index contributed by atoms with van der Waals surface area (Å²) in [4.78, 5) is 24.3. The maximum atomic E-state index is 10.5. The molecule has 5 nitrogen and oxygen atoms in total. The van der Waals surface area contributed by atoms with Gasteiger partial charge in [0.25, 0.3) is 0 Å². The molecule has 0 spiro atoms. The second kappa shape index (κ2) is 26.4. The second-order valence-electron chi connectivity index (χ2n) is 10.3. The number of nitrogens with one attached hydrogen (secondary N) is 1. The van der Waals surface area contributed by atoms with Gasteiger partial charge in [-0.25, -0.2) is 0 Å². The number of fused-ring (bicyclic) bond motifs is 3. The summed E-state index contributed by atoms with van der Waals surface area (Å²) in [6, 6.07) is 19.6. The molecule has 0 saturated carbocycles. The van der Waals surface area contributed by atoms with Gasteiger partial charge < -0.3 is 24.7 Å². The van der Waals surface area contributed by atoms with Crippen LogP contribution in [0.4, 0.5) is 0 Å². The zero-order chi connectivity index (χ0) is 28.2. The van der Waals surface area contributed by atoms with E-state index in [0.717, 1.165) is 52.1 Å². The van der Waals surface area contributed by atoms with E-state index in [4.69, 9.17) is 0 Å². The Kier molecular flexibility index (Phi) is 29.8. The molecule has 3 aromatic carbocycles. The second-order valence-corrected chi connectivity index (χ2v) is 10.3. The van der Waals surface area contributed by atoms with Crippen LogP contribution in [-0.2, 0) is 48.5 Å². The van der Waals surface area contributed by atoms with Gasteiger partial charge in [-0.1, -0.05) is 86.1 Å². The first-order valence-electron chi connectivity index (χ1n) is 13.3. The van der Waals surface area contributed by atoms with Gasteiger partial charge in [-0.15, -0.1) is 0 Å². The van der Waals surface area contributed by atoms with Crippen LogP contribution in [0.15, 0.2) is 54.6 Å². The average molecular weight is 1350 g/mol. The van der Waals surface area contributed by atoms with E-state index < -0.39 is 0 Å². The Balaban J connectivity index is -0.000000166. The van der Waals surface area contributed by atoms with Crippen LogP contribution in [0, 0.1) is 20.8 Å². The molecule has 3 aromatic rings. The Morgan fingerprint density at radius 2 is 0.935 bits per heavy atom. The van der Waals surface area contributed by atoms with Crippen molar-refractivity contribution in [3.05, 3.63) is 105 Å². The Hall–Kier alpha value is -3.79. The molecular weight excluding hydrogens is 1300 g/mol. The van der Waals surface area contributed by atoms with Crippen molar-refractivity contribution in [2.24, 2.45) is 0 Å². The summed E-state index contributed by atoms with van der Waals surface area (Å²) >= 11 is 4.24. The van der Waals surface area contributed by atoms with Crippen molar-refractivity contribution < 1.29 is 9.59 Å². The van der Waals surface area contributed by atoms with Gasteiger partial charge >= 0.3 is 0 Å². The number of amides is 2. The number of rotatable bonds is 2. The number of hydrogen-bond acceptors (Lipinski definition) is 3. The molecule has 0 unspecified atom stereocenters. The molecule has 0 saturated heterocycles. The summed E-state index contributed by atoms with van der Waals surface area (Å²) in [5.41, 5.74) is 12.2. The summed E-state index contributed by atoms with van der Waals surface area (Å²) in [6.07, 6.45) is 7.01. The van der Waals surface area contributed by atoms with Gasteiger partial charge in [-0.05, 0) is 93.0 Å². The minimum Gasteiger partial charge on any atom is -0.520 e. The molecule has 0 aliphatic carbocycles. The summed E-state index contributed by atoms with van der Waals surface area (Å²) in [7, 11) is 0. The molecule has 12 heteroatoms. The Morgan fingerprint density at radius 1 is 0.587 bits per heavy atom. The quantitative estimate of drug-likeness (QED) is 0.184. The van der Waals surface area contributed by atoms with E-state index in [2.05, 4.69) is 118 Å². The monoisotopic (exact) mass is 1350 g/mol. The molecule has 0 bridgehead atoms. The Morgan fingerprint density at radius 3 is 1.30 bits per heavy atom. The fraction of sp³-hybridized carbons (Fsp3) is 0.412. The zero-order valence-corrected chi connectivity index (χ0v) is 43.3. The van der Waals surface area contributed by atoms with E-state index in [1.54, 1.807) is 9.80 Å². The standard InChI is InChI=1S/2C11H12NO.C10H13N.2CH4.3B.I2.2Rf/c2*1-9-2-3-10-4-5-12(8-13)7-11(10)6-9;1-8-2-3-9-4-5-11-7-10(9)6-8;;;;;;1-2;;/h2*2-3,6H,4-5,7H2,1H3;2-3,6,11H,4-5,7H2,1H3;2*1H4;;;;;;/q2*-1;;;;;;;;;. The first-order valence-corrected chi connectivity index (χ1v) is 19.6. The number of benzene rings is 3. The molecule has 3 heterocycles. The Bertz CT molecular complexity index is 1210. The molecular formula is C34H45B3I2N3O2Rf2-2. The molecule has 3 aliphatic rings. The van der Waals surface area contributed by atoms with Gasteiger partial charge in [0.2, 0.25) is 0 Å². The molecule has 0 fully saturated rings. The van der Waals surface area contributed by atoms with Crippen molar-refractivity contribution in [1.29, 1.82) is 0 Å².